The Morgan fingerprint density at radius 1 is 1.47 bits per heavy atom. The molecular weight excluding hydrogens is 247 g/mol. The van der Waals surface area contributed by atoms with Crippen LogP contribution in [0.3, 0.4) is 0 Å². The summed E-state index contributed by atoms with van der Waals surface area (Å²) in [5, 5.41) is 2.72. The number of ether oxygens (including phenoxy) is 1. The van der Waals surface area contributed by atoms with Crippen LogP contribution in [0.1, 0.15) is 25.8 Å². The topological polar surface area (TPSA) is 64.3 Å². The molecule has 0 spiro atoms. The smallest absolute Gasteiger partial charge is 0.220 e. The Morgan fingerprint density at radius 2 is 2.16 bits per heavy atom. The standard InChI is InChI=1S/C14H21FN2O2/c1-14(2,16)9-17-13(18)7-5-10-4-6-11(19-3)8-12(10)15/h4,6,8H,5,7,9,16H2,1-3H3,(H,17,18). The molecule has 0 atom stereocenters. The predicted molar refractivity (Wildman–Crippen MR) is 72.5 cm³/mol. The summed E-state index contributed by atoms with van der Waals surface area (Å²) in [6.45, 7) is 4.06. The number of benzene rings is 1. The van der Waals surface area contributed by atoms with Crippen molar-refractivity contribution in [2.24, 2.45) is 5.73 Å². The lowest BCUT2D eigenvalue weighted by Crippen LogP contribution is -2.45. The van der Waals surface area contributed by atoms with Crippen molar-refractivity contribution in [3.8, 4) is 5.75 Å². The third kappa shape index (κ3) is 5.70. The van der Waals surface area contributed by atoms with Gasteiger partial charge in [-0.1, -0.05) is 6.07 Å². The summed E-state index contributed by atoms with van der Waals surface area (Å²) in [6, 6.07) is 4.63. The number of carbonyl (C=O) groups excluding carboxylic acids is 1. The molecule has 0 aliphatic rings. The van der Waals surface area contributed by atoms with Crippen LogP contribution in [-0.2, 0) is 11.2 Å². The van der Waals surface area contributed by atoms with Crippen molar-refractivity contribution in [2.45, 2.75) is 32.2 Å². The molecule has 0 aliphatic heterocycles. The molecule has 1 rings (SSSR count). The van der Waals surface area contributed by atoms with E-state index in [0.29, 0.717) is 24.3 Å². The first kappa shape index (κ1) is 15.4. The van der Waals surface area contributed by atoms with Gasteiger partial charge in [0, 0.05) is 24.6 Å². The minimum Gasteiger partial charge on any atom is -0.497 e. The molecule has 3 N–H and O–H groups in total. The van der Waals surface area contributed by atoms with Gasteiger partial charge in [-0.15, -0.1) is 0 Å². The molecule has 1 aromatic rings. The lowest BCUT2D eigenvalue weighted by molar-refractivity contribution is -0.121. The van der Waals surface area contributed by atoms with E-state index in [9.17, 15) is 9.18 Å². The summed E-state index contributed by atoms with van der Waals surface area (Å²) in [5.74, 6) is -0.0179. The van der Waals surface area contributed by atoms with Gasteiger partial charge in [0.1, 0.15) is 11.6 Å². The number of hydrogen-bond donors (Lipinski definition) is 2. The first-order valence-electron chi connectivity index (χ1n) is 6.20. The van der Waals surface area contributed by atoms with Crippen LogP contribution >= 0.6 is 0 Å². The average molecular weight is 268 g/mol. The largest absolute Gasteiger partial charge is 0.497 e. The van der Waals surface area contributed by atoms with Crippen LogP contribution < -0.4 is 15.8 Å². The van der Waals surface area contributed by atoms with Crippen LogP contribution in [0.15, 0.2) is 18.2 Å². The highest BCUT2D eigenvalue weighted by Gasteiger charge is 2.13. The molecule has 0 aliphatic carbocycles. The van der Waals surface area contributed by atoms with Gasteiger partial charge < -0.3 is 15.8 Å². The summed E-state index contributed by atoms with van der Waals surface area (Å²) in [5.41, 5.74) is 5.82. The maximum atomic E-state index is 13.6. The number of carbonyl (C=O) groups is 1. The van der Waals surface area contributed by atoms with Crippen LogP contribution in [0.2, 0.25) is 0 Å². The molecular formula is C14H21FN2O2. The van der Waals surface area contributed by atoms with Crippen molar-refractivity contribution in [3.63, 3.8) is 0 Å². The Kier molecular flexibility index (Phi) is 5.30. The van der Waals surface area contributed by atoms with Crippen molar-refractivity contribution in [3.05, 3.63) is 29.6 Å². The Hall–Kier alpha value is -1.62. The molecule has 0 radical (unpaired) electrons. The number of halogens is 1. The second-order valence-electron chi connectivity index (χ2n) is 5.22. The van der Waals surface area contributed by atoms with E-state index in [0.717, 1.165) is 0 Å². The Bertz CT molecular complexity index is 442. The van der Waals surface area contributed by atoms with E-state index in [2.05, 4.69) is 5.32 Å². The summed E-state index contributed by atoms with van der Waals surface area (Å²) in [7, 11) is 1.48. The Balaban J connectivity index is 2.46. The average Bonchev–Trinajstić information content (AvgIpc) is 2.34. The van der Waals surface area contributed by atoms with Gasteiger partial charge in [0.05, 0.1) is 7.11 Å². The van der Waals surface area contributed by atoms with Gasteiger partial charge in [0.2, 0.25) is 5.91 Å². The van der Waals surface area contributed by atoms with Crippen LogP contribution in [0.5, 0.6) is 5.75 Å². The second-order valence-corrected chi connectivity index (χ2v) is 5.22. The maximum Gasteiger partial charge on any atom is 0.220 e. The first-order valence-corrected chi connectivity index (χ1v) is 6.20. The molecule has 5 heteroatoms. The van der Waals surface area contributed by atoms with E-state index in [1.54, 1.807) is 12.1 Å². The van der Waals surface area contributed by atoms with Crippen LogP contribution in [0.25, 0.3) is 0 Å². The van der Waals surface area contributed by atoms with Crippen molar-refractivity contribution < 1.29 is 13.9 Å². The molecule has 0 saturated heterocycles. The van der Waals surface area contributed by atoms with Gasteiger partial charge in [-0.25, -0.2) is 4.39 Å². The molecule has 0 unspecified atom stereocenters. The van der Waals surface area contributed by atoms with Crippen molar-refractivity contribution >= 4 is 5.91 Å². The van der Waals surface area contributed by atoms with Crippen LogP contribution in [-0.4, -0.2) is 25.1 Å². The lowest BCUT2D eigenvalue weighted by Gasteiger charge is -2.18. The molecule has 1 amide bonds. The van der Waals surface area contributed by atoms with E-state index in [1.165, 1.54) is 13.2 Å². The highest BCUT2D eigenvalue weighted by atomic mass is 19.1. The molecule has 106 valence electrons. The number of aryl methyl sites for hydroxylation is 1. The van der Waals surface area contributed by atoms with Gasteiger partial charge in [-0.3, -0.25) is 4.79 Å². The minimum absolute atomic E-state index is 0.131. The highest BCUT2D eigenvalue weighted by Crippen LogP contribution is 2.17. The van der Waals surface area contributed by atoms with Gasteiger partial charge >= 0.3 is 0 Å². The lowest BCUT2D eigenvalue weighted by atomic mass is 10.1. The molecule has 19 heavy (non-hydrogen) atoms. The van der Waals surface area contributed by atoms with Gasteiger partial charge in [0.15, 0.2) is 0 Å². The fourth-order valence-corrected chi connectivity index (χ4v) is 1.52. The summed E-state index contributed by atoms with van der Waals surface area (Å²) in [4.78, 5) is 11.6. The second kappa shape index (κ2) is 6.52. The molecule has 0 aromatic heterocycles. The Labute approximate surface area is 113 Å². The first-order chi connectivity index (χ1) is 8.81. The quantitative estimate of drug-likeness (QED) is 0.824. The van der Waals surface area contributed by atoms with Crippen molar-refractivity contribution in [2.75, 3.05) is 13.7 Å². The van der Waals surface area contributed by atoms with Crippen molar-refractivity contribution in [1.82, 2.24) is 5.32 Å². The van der Waals surface area contributed by atoms with Gasteiger partial charge in [0.25, 0.3) is 0 Å². The summed E-state index contributed by atoms with van der Waals surface area (Å²) < 4.78 is 18.5. The maximum absolute atomic E-state index is 13.6. The number of rotatable bonds is 6. The SMILES string of the molecule is COc1ccc(CCC(=O)NCC(C)(C)N)c(F)c1. The number of amides is 1. The van der Waals surface area contributed by atoms with Crippen molar-refractivity contribution in [1.29, 1.82) is 0 Å². The third-order valence-electron chi connectivity index (χ3n) is 2.62. The molecule has 0 heterocycles. The number of methoxy groups -OCH3 is 1. The van der Waals surface area contributed by atoms with Gasteiger partial charge in [-0.2, -0.15) is 0 Å². The number of nitrogens with one attached hydrogen (secondary N) is 1. The summed E-state index contributed by atoms with van der Waals surface area (Å²) in [6.07, 6.45) is 0.589. The number of hydrogen-bond acceptors (Lipinski definition) is 3. The van der Waals surface area contributed by atoms with E-state index in [-0.39, 0.29) is 18.1 Å². The zero-order chi connectivity index (χ0) is 14.5. The van der Waals surface area contributed by atoms with E-state index < -0.39 is 5.54 Å². The molecule has 1 aromatic carbocycles. The van der Waals surface area contributed by atoms with Crippen LogP contribution in [0, 0.1) is 5.82 Å². The molecule has 0 fully saturated rings. The van der Waals surface area contributed by atoms with Crippen LogP contribution in [0.4, 0.5) is 4.39 Å². The fraction of sp³-hybridized carbons (Fsp3) is 0.500. The number of nitrogens with two attached hydrogens (primary N) is 1. The highest BCUT2D eigenvalue weighted by molar-refractivity contribution is 5.76. The Morgan fingerprint density at radius 3 is 2.68 bits per heavy atom. The summed E-state index contributed by atoms with van der Waals surface area (Å²) >= 11 is 0. The third-order valence-corrected chi connectivity index (χ3v) is 2.62. The fourth-order valence-electron chi connectivity index (χ4n) is 1.52. The molecule has 4 nitrogen and oxygen atoms in total. The minimum atomic E-state index is -0.443. The molecule has 0 bridgehead atoms. The normalized spacial score (nSPS) is 11.2. The van der Waals surface area contributed by atoms with E-state index in [1.807, 2.05) is 13.8 Å². The zero-order valence-corrected chi connectivity index (χ0v) is 11.6. The monoisotopic (exact) mass is 268 g/mol. The van der Waals surface area contributed by atoms with E-state index >= 15 is 0 Å². The predicted octanol–water partition coefficient (Wildman–Crippen LogP) is 1.62. The van der Waals surface area contributed by atoms with Gasteiger partial charge in [-0.05, 0) is 31.9 Å². The zero-order valence-electron chi connectivity index (χ0n) is 11.6. The molecule has 0 saturated carbocycles. The van der Waals surface area contributed by atoms with E-state index in [4.69, 9.17) is 10.5 Å².